The highest BCUT2D eigenvalue weighted by atomic mass is 32.2. The van der Waals surface area contributed by atoms with Crippen molar-refractivity contribution in [3.8, 4) is 5.75 Å². The lowest BCUT2D eigenvalue weighted by atomic mass is 10.2. The molecule has 0 amide bonds. The smallest absolute Gasteiger partial charge is 0.252 e. The summed E-state index contributed by atoms with van der Waals surface area (Å²) in [6.45, 7) is 5.05. The van der Waals surface area contributed by atoms with Gasteiger partial charge < -0.3 is 4.74 Å². The fraction of sp³-hybridized carbons (Fsp3) is 0.389. The van der Waals surface area contributed by atoms with Gasteiger partial charge >= 0.3 is 0 Å². The van der Waals surface area contributed by atoms with Gasteiger partial charge in [-0.25, -0.2) is 22.6 Å². The van der Waals surface area contributed by atoms with Crippen molar-refractivity contribution in [2.24, 2.45) is 5.92 Å². The van der Waals surface area contributed by atoms with Crippen molar-refractivity contribution in [3.05, 3.63) is 48.5 Å². The van der Waals surface area contributed by atoms with Crippen LogP contribution in [0.5, 0.6) is 5.75 Å². The zero-order valence-corrected chi connectivity index (χ0v) is 16.2. The Morgan fingerprint density at radius 3 is 2.70 bits per heavy atom. The highest BCUT2D eigenvalue weighted by molar-refractivity contribution is 7.89. The number of nitrogens with zero attached hydrogens (tertiary/aromatic N) is 4. The number of ether oxygens (including phenoxy) is 1. The van der Waals surface area contributed by atoms with E-state index < -0.39 is 10.0 Å². The Morgan fingerprint density at radius 2 is 1.96 bits per heavy atom. The van der Waals surface area contributed by atoms with Gasteiger partial charge in [-0.05, 0) is 48.6 Å². The number of aromatic nitrogens is 4. The molecular weight excluding hydrogens is 366 g/mol. The molecule has 0 saturated carbocycles. The zero-order chi connectivity index (χ0) is 19.3. The maximum absolute atomic E-state index is 12.4. The number of fused-ring (bicyclic) bond motifs is 1. The van der Waals surface area contributed by atoms with Gasteiger partial charge in [0.05, 0.1) is 11.5 Å². The Balaban J connectivity index is 1.50. The normalized spacial score (nSPS) is 12.0. The number of benzene rings is 1. The fourth-order valence-electron chi connectivity index (χ4n) is 2.45. The molecular formula is C18H23N5O3S. The molecule has 2 aromatic heterocycles. The maximum atomic E-state index is 12.4. The summed E-state index contributed by atoms with van der Waals surface area (Å²) in [4.78, 5) is 8.40. The molecule has 0 bridgehead atoms. The highest BCUT2D eigenvalue weighted by Crippen LogP contribution is 2.16. The minimum absolute atomic E-state index is 0.227. The summed E-state index contributed by atoms with van der Waals surface area (Å²) in [5.74, 6) is 1.62. The second-order valence-electron chi connectivity index (χ2n) is 6.64. The van der Waals surface area contributed by atoms with Gasteiger partial charge in [0.2, 0.25) is 10.0 Å². The highest BCUT2D eigenvalue weighted by Gasteiger charge is 2.13. The monoisotopic (exact) mass is 389 g/mol. The molecule has 0 atom stereocenters. The van der Waals surface area contributed by atoms with E-state index in [0.717, 1.165) is 5.56 Å². The first-order valence-electron chi connectivity index (χ1n) is 8.81. The summed E-state index contributed by atoms with van der Waals surface area (Å²) in [6, 6.07) is 6.47. The van der Waals surface area contributed by atoms with Gasteiger partial charge in [-0.3, -0.25) is 0 Å². The zero-order valence-electron chi connectivity index (χ0n) is 15.4. The molecule has 144 valence electrons. The Bertz CT molecular complexity index is 984. The average molecular weight is 389 g/mol. The molecule has 9 heteroatoms. The molecule has 3 rings (SSSR count). The second-order valence-corrected chi connectivity index (χ2v) is 8.41. The summed E-state index contributed by atoms with van der Waals surface area (Å²) < 4.78 is 34.5. The molecule has 0 fully saturated rings. The van der Waals surface area contributed by atoms with Crippen LogP contribution in [0, 0.1) is 5.92 Å². The lowest BCUT2D eigenvalue weighted by Gasteiger charge is -2.10. The molecule has 1 N–H and O–H groups in total. The lowest BCUT2D eigenvalue weighted by Crippen LogP contribution is -2.25. The van der Waals surface area contributed by atoms with Gasteiger partial charge in [-0.2, -0.15) is 10.1 Å². The molecule has 0 aliphatic rings. The number of rotatable bonds is 9. The van der Waals surface area contributed by atoms with Crippen molar-refractivity contribution in [1.29, 1.82) is 0 Å². The van der Waals surface area contributed by atoms with Crippen molar-refractivity contribution >= 4 is 15.8 Å². The Hall–Kier alpha value is -2.52. The van der Waals surface area contributed by atoms with Crippen LogP contribution < -0.4 is 9.46 Å². The van der Waals surface area contributed by atoms with E-state index in [4.69, 9.17) is 4.74 Å². The third-order valence-electron chi connectivity index (χ3n) is 3.84. The van der Waals surface area contributed by atoms with Crippen LogP contribution in [0.15, 0.2) is 47.9 Å². The predicted molar refractivity (Wildman–Crippen MR) is 101 cm³/mol. The molecule has 0 saturated heterocycles. The summed E-state index contributed by atoms with van der Waals surface area (Å²) in [5.41, 5.74) is 0.971. The predicted octanol–water partition coefficient (Wildman–Crippen LogP) is 2.07. The molecule has 3 aromatic rings. The van der Waals surface area contributed by atoms with E-state index in [2.05, 4.69) is 33.6 Å². The van der Waals surface area contributed by atoms with E-state index in [1.54, 1.807) is 35.0 Å². The van der Waals surface area contributed by atoms with Crippen molar-refractivity contribution in [2.75, 3.05) is 13.2 Å². The van der Waals surface area contributed by atoms with Crippen molar-refractivity contribution < 1.29 is 13.2 Å². The number of aryl methyl sites for hydroxylation is 1. The van der Waals surface area contributed by atoms with Crippen LogP contribution in [0.3, 0.4) is 0 Å². The van der Waals surface area contributed by atoms with E-state index in [1.807, 2.05) is 6.20 Å². The van der Waals surface area contributed by atoms with Crippen molar-refractivity contribution in [1.82, 2.24) is 24.3 Å². The molecule has 2 heterocycles. The van der Waals surface area contributed by atoms with Crippen molar-refractivity contribution in [3.63, 3.8) is 0 Å². The van der Waals surface area contributed by atoms with Gasteiger partial charge in [0.25, 0.3) is 5.78 Å². The standard InChI is InChI=1S/C18H23N5O3S/c1-14(2)12-26-16-5-7-17(8-6-16)27(24,25)22-9-3-4-15-10-19-18-20-13-21-23(18)11-15/h5-8,10-11,13-14,22H,3-4,9,12H2,1-2H3. The van der Waals surface area contributed by atoms with E-state index in [0.29, 0.717) is 43.4 Å². The number of sulfonamides is 1. The van der Waals surface area contributed by atoms with E-state index in [9.17, 15) is 8.42 Å². The van der Waals surface area contributed by atoms with Gasteiger partial charge in [-0.1, -0.05) is 13.8 Å². The van der Waals surface area contributed by atoms with Crippen LogP contribution in [0.4, 0.5) is 0 Å². The second kappa shape index (κ2) is 8.45. The Morgan fingerprint density at radius 1 is 1.19 bits per heavy atom. The lowest BCUT2D eigenvalue weighted by molar-refractivity contribution is 0.271. The van der Waals surface area contributed by atoms with E-state index >= 15 is 0 Å². The Labute approximate surface area is 158 Å². The maximum Gasteiger partial charge on any atom is 0.252 e. The molecule has 8 nitrogen and oxygen atoms in total. The van der Waals surface area contributed by atoms with Crippen LogP contribution in [0.2, 0.25) is 0 Å². The minimum atomic E-state index is -3.54. The third-order valence-corrected chi connectivity index (χ3v) is 5.32. The summed E-state index contributed by atoms with van der Waals surface area (Å²) >= 11 is 0. The summed E-state index contributed by atoms with van der Waals surface area (Å²) in [5, 5.41) is 4.04. The molecule has 27 heavy (non-hydrogen) atoms. The van der Waals surface area contributed by atoms with Gasteiger partial charge in [0.1, 0.15) is 12.1 Å². The number of hydrogen-bond donors (Lipinski definition) is 1. The fourth-order valence-corrected chi connectivity index (χ4v) is 3.52. The van der Waals surface area contributed by atoms with Gasteiger partial charge in [0, 0.05) is 18.9 Å². The number of hydrogen-bond acceptors (Lipinski definition) is 6. The third kappa shape index (κ3) is 5.24. The van der Waals surface area contributed by atoms with Crippen LogP contribution in [-0.4, -0.2) is 41.2 Å². The van der Waals surface area contributed by atoms with Gasteiger partial charge in [0.15, 0.2) is 0 Å². The molecule has 0 radical (unpaired) electrons. The van der Waals surface area contributed by atoms with Crippen LogP contribution in [0.25, 0.3) is 5.78 Å². The average Bonchev–Trinajstić information content (AvgIpc) is 3.12. The molecule has 0 unspecified atom stereocenters. The van der Waals surface area contributed by atoms with E-state index in [-0.39, 0.29) is 4.90 Å². The Kier molecular flexibility index (Phi) is 6.02. The van der Waals surface area contributed by atoms with Crippen LogP contribution >= 0.6 is 0 Å². The number of nitrogens with one attached hydrogen (secondary N) is 1. The quantitative estimate of drug-likeness (QED) is 0.563. The minimum Gasteiger partial charge on any atom is -0.493 e. The van der Waals surface area contributed by atoms with Gasteiger partial charge in [-0.15, -0.1) is 0 Å². The topological polar surface area (TPSA) is 98.5 Å². The molecule has 0 aliphatic heterocycles. The SMILES string of the molecule is CC(C)COc1ccc(S(=O)(=O)NCCCc2cnc3ncnn3c2)cc1. The van der Waals surface area contributed by atoms with Crippen LogP contribution in [0.1, 0.15) is 25.8 Å². The first kappa shape index (κ1) is 19.2. The largest absolute Gasteiger partial charge is 0.493 e. The molecule has 1 aromatic carbocycles. The first-order chi connectivity index (χ1) is 12.9. The summed E-state index contributed by atoms with van der Waals surface area (Å²) in [6.07, 6.45) is 6.36. The van der Waals surface area contributed by atoms with Crippen molar-refractivity contribution in [2.45, 2.75) is 31.6 Å². The first-order valence-corrected chi connectivity index (χ1v) is 10.3. The molecule has 0 aliphatic carbocycles. The summed E-state index contributed by atoms with van der Waals surface area (Å²) in [7, 11) is -3.54. The molecule has 0 spiro atoms. The van der Waals surface area contributed by atoms with E-state index in [1.165, 1.54) is 6.33 Å². The van der Waals surface area contributed by atoms with Crippen LogP contribution in [-0.2, 0) is 16.4 Å².